The van der Waals surface area contributed by atoms with Crippen LogP contribution in [0, 0.1) is 5.92 Å². The van der Waals surface area contributed by atoms with Crippen molar-refractivity contribution in [1.29, 1.82) is 0 Å². The number of carbonyl (C=O) groups excluding carboxylic acids is 1. The average Bonchev–Trinajstić information content (AvgIpc) is 3.49. The third kappa shape index (κ3) is 8.20. The van der Waals surface area contributed by atoms with Gasteiger partial charge in [0.05, 0.1) is 13.0 Å². The summed E-state index contributed by atoms with van der Waals surface area (Å²) in [6, 6.07) is 25.2. The maximum absolute atomic E-state index is 13.4. The molecule has 0 spiro atoms. The molecule has 43 heavy (non-hydrogen) atoms. The molecule has 0 saturated heterocycles. The number of carbonyl (C=O) groups is 2. The third-order valence-electron chi connectivity index (χ3n) is 7.97. The SMILES string of the molecule is CC(C)(C)c1ccc(Oc2ccc3cc(C(=O)NC(CC(=O)O)OCc4ccccc4)nc(CC4CCCC4)c3c2)cc1. The highest BCUT2D eigenvalue weighted by molar-refractivity contribution is 5.97. The summed E-state index contributed by atoms with van der Waals surface area (Å²) in [6.07, 6.45) is 4.10. The fraction of sp³-hybridized carbons (Fsp3) is 0.361. The molecule has 0 aliphatic heterocycles. The zero-order chi connectivity index (χ0) is 30.4. The number of fused-ring (bicyclic) bond motifs is 1. The maximum atomic E-state index is 13.4. The number of hydrogen-bond acceptors (Lipinski definition) is 5. The van der Waals surface area contributed by atoms with Gasteiger partial charge in [-0.15, -0.1) is 0 Å². The van der Waals surface area contributed by atoms with Crippen molar-refractivity contribution >= 4 is 22.6 Å². The van der Waals surface area contributed by atoms with E-state index in [0.29, 0.717) is 11.7 Å². The monoisotopic (exact) mass is 580 g/mol. The summed E-state index contributed by atoms with van der Waals surface area (Å²) < 4.78 is 12.0. The molecule has 224 valence electrons. The van der Waals surface area contributed by atoms with E-state index in [1.165, 1.54) is 18.4 Å². The Kier molecular flexibility index (Phi) is 9.41. The van der Waals surface area contributed by atoms with Crippen LogP contribution in [0.3, 0.4) is 0 Å². The molecule has 0 bridgehead atoms. The predicted molar refractivity (Wildman–Crippen MR) is 167 cm³/mol. The molecule has 1 heterocycles. The minimum atomic E-state index is -1.06. The van der Waals surface area contributed by atoms with Crippen molar-refractivity contribution in [3.8, 4) is 11.5 Å². The fourth-order valence-electron chi connectivity index (χ4n) is 5.58. The number of hydrogen-bond donors (Lipinski definition) is 2. The van der Waals surface area contributed by atoms with Gasteiger partial charge in [0.1, 0.15) is 23.4 Å². The second-order valence-electron chi connectivity index (χ2n) is 12.4. The van der Waals surface area contributed by atoms with Gasteiger partial charge in [0.25, 0.3) is 5.91 Å². The van der Waals surface area contributed by atoms with Crippen LogP contribution in [0.25, 0.3) is 10.8 Å². The van der Waals surface area contributed by atoms with Crippen molar-refractivity contribution in [3.63, 3.8) is 0 Å². The van der Waals surface area contributed by atoms with Crippen LogP contribution < -0.4 is 10.1 Å². The van der Waals surface area contributed by atoms with E-state index in [1.807, 2.05) is 60.7 Å². The van der Waals surface area contributed by atoms with Gasteiger partial charge in [-0.25, -0.2) is 4.98 Å². The van der Waals surface area contributed by atoms with Gasteiger partial charge in [0.2, 0.25) is 0 Å². The van der Waals surface area contributed by atoms with Crippen LogP contribution in [0.15, 0.2) is 78.9 Å². The molecule has 2 N–H and O–H groups in total. The third-order valence-corrected chi connectivity index (χ3v) is 7.97. The summed E-state index contributed by atoms with van der Waals surface area (Å²) in [5.74, 6) is 0.449. The smallest absolute Gasteiger partial charge is 0.307 e. The van der Waals surface area contributed by atoms with Gasteiger partial charge in [-0.2, -0.15) is 0 Å². The molecular weight excluding hydrogens is 540 g/mol. The highest BCUT2D eigenvalue weighted by Gasteiger charge is 2.23. The summed E-state index contributed by atoms with van der Waals surface area (Å²) in [5, 5.41) is 14.0. The van der Waals surface area contributed by atoms with E-state index in [9.17, 15) is 14.7 Å². The molecule has 1 saturated carbocycles. The van der Waals surface area contributed by atoms with E-state index >= 15 is 0 Å². The minimum absolute atomic E-state index is 0.0634. The molecule has 1 aliphatic rings. The lowest BCUT2D eigenvalue weighted by Crippen LogP contribution is -2.39. The molecule has 1 fully saturated rings. The number of amides is 1. The van der Waals surface area contributed by atoms with Gasteiger partial charge in [-0.3, -0.25) is 9.59 Å². The average molecular weight is 581 g/mol. The first-order valence-corrected chi connectivity index (χ1v) is 15.0. The van der Waals surface area contributed by atoms with Gasteiger partial charge < -0.3 is 19.9 Å². The van der Waals surface area contributed by atoms with Crippen LogP contribution in [-0.4, -0.2) is 28.2 Å². The Morgan fingerprint density at radius 3 is 2.33 bits per heavy atom. The van der Waals surface area contributed by atoms with E-state index < -0.39 is 18.1 Å². The summed E-state index contributed by atoms with van der Waals surface area (Å²) >= 11 is 0. The number of aromatic nitrogens is 1. The van der Waals surface area contributed by atoms with Crippen LogP contribution in [0.4, 0.5) is 0 Å². The standard InChI is InChI=1S/C36H40N2O5/c1-36(2,3)27-14-17-28(18-15-27)43-29-16-13-26-20-32(37-31(30(26)21-29)19-24-9-7-8-10-24)35(41)38-33(22-34(39)40)42-23-25-11-5-4-6-12-25/h4-6,11-18,20-21,24,33H,7-10,19,22-23H2,1-3H3,(H,38,41)(H,39,40). The Labute approximate surface area is 253 Å². The van der Waals surface area contributed by atoms with Crippen LogP contribution in [0.1, 0.15) is 80.2 Å². The van der Waals surface area contributed by atoms with E-state index in [0.717, 1.165) is 47.0 Å². The van der Waals surface area contributed by atoms with Gasteiger partial charge in [0.15, 0.2) is 0 Å². The zero-order valence-electron chi connectivity index (χ0n) is 25.1. The highest BCUT2D eigenvalue weighted by atomic mass is 16.5. The largest absolute Gasteiger partial charge is 0.481 e. The highest BCUT2D eigenvalue weighted by Crippen LogP contribution is 2.33. The van der Waals surface area contributed by atoms with Crippen molar-refractivity contribution in [2.45, 2.75) is 77.5 Å². The zero-order valence-corrected chi connectivity index (χ0v) is 25.1. The lowest BCUT2D eigenvalue weighted by molar-refractivity contribution is -0.140. The van der Waals surface area contributed by atoms with E-state index in [1.54, 1.807) is 6.07 Å². The predicted octanol–water partition coefficient (Wildman–Crippen LogP) is 7.80. The number of carboxylic acid groups (broad SMARTS) is 1. The number of ether oxygens (including phenoxy) is 2. The maximum Gasteiger partial charge on any atom is 0.307 e. The van der Waals surface area contributed by atoms with Crippen LogP contribution in [0.2, 0.25) is 0 Å². The molecule has 1 aromatic heterocycles. The summed E-state index contributed by atoms with van der Waals surface area (Å²) in [7, 11) is 0. The Bertz CT molecular complexity index is 1550. The Morgan fingerprint density at radius 1 is 0.953 bits per heavy atom. The van der Waals surface area contributed by atoms with Crippen molar-refractivity contribution in [3.05, 3.63) is 101 Å². The second kappa shape index (κ2) is 13.4. The minimum Gasteiger partial charge on any atom is -0.481 e. The van der Waals surface area contributed by atoms with Gasteiger partial charge in [-0.05, 0) is 64.6 Å². The van der Waals surface area contributed by atoms with Crippen molar-refractivity contribution < 1.29 is 24.2 Å². The van der Waals surface area contributed by atoms with Crippen molar-refractivity contribution in [2.24, 2.45) is 5.92 Å². The lowest BCUT2D eigenvalue weighted by atomic mass is 9.87. The Balaban J connectivity index is 1.39. The fourth-order valence-corrected chi connectivity index (χ4v) is 5.58. The van der Waals surface area contributed by atoms with Crippen LogP contribution in [0.5, 0.6) is 11.5 Å². The number of carboxylic acids is 1. The quantitative estimate of drug-likeness (QED) is 0.176. The van der Waals surface area contributed by atoms with E-state index in [4.69, 9.17) is 14.5 Å². The summed E-state index contributed by atoms with van der Waals surface area (Å²) in [4.78, 5) is 29.8. The van der Waals surface area contributed by atoms with Crippen LogP contribution in [-0.2, 0) is 28.0 Å². The number of benzene rings is 3. The normalized spacial score (nSPS) is 14.5. The lowest BCUT2D eigenvalue weighted by Gasteiger charge is -2.19. The molecule has 1 unspecified atom stereocenters. The Morgan fingerprint density at radius 2 is 1.65 bits per heavy atom. The molecule has 4 aromatic rings. The number of aliphatic carboxylic acids is 1. The molecule has 3 aromatic carbocycles. The van der Waals surface area contributed by atoms with Gasteiger partial charge >= 0.3 is 5.97 Å². The summed E-state index contributed by atoms with van der Waals surface area (Å²) in [6.45, 7) is 6.73. The van der Waals surface area contributed by atoms with Crippen molar-refractivity contribution in [2.75, 3.05) is 0 Å². The van der Waals surface area contributed by atoms with Gasteiger partial charge in [0, 0.05) is 11.1 Å². The molecule has 7 nitrogen and oxygen atoms in total. The number of rotatable bonds is 11. The second-order valence-corrected chi connectivity index (χ2v) is 12.4. The van der Waals surface area contributed by atoms with E-state index in [2.05, 4.69) is 38.2 Å². The molecule has 1 amide bonds. The molecule has 1 atom stereocenters. The summed E-state index contributed by atoms with van der Waals surface area (Å²) in [5.41, 5.74) is 3.28. The van der Waals surface area contributed by atoms with Crippen molar-refractivity contribution in [1.82, 2.24) is 10.3 Å². The first-order valence-electron chi connectivity index (χ1n) is 15.0. The first-order chi connectivity index (χ1) is 20.6. The topological polar surface area (TPSA) is 97.8 Å². The Hall–Kier alpha value is -4.23. The number of nitrogens with zero attached hydrogens (tertiary/aromatic N) is 1. The molecular formula is C36H40N2O5. The number of pyridine rings is 1. The first kappa shape index (κ1) is 30.2. The van der Waals surface area contributed by atoms with E-state index in [-0.39, 0.29) is 24.1 Å². The molecule has 7 heteroatoms. The van der Waals surface area contributed by atoms with Crippen LogP contribution >= 0.6 is 0 Å². The molecule has 1 aliphatic carbocycles. The number of nitrogens with one attached hydrogen (secondary N) is 1. The molecule has 5 rings (SSSR count). The molecule has 0 radical (unpaired) electrons. The van der Waals surface area contributed by atoms with Gasteiger partial charge in [-0.1, -0.05) is 95.0 Å².